The van der Waals surface area contributed by atoms with Gasteiger partial charge in [0.1, 0.15) is 12.4 Å². The zero-order chi connectivity index (χ0) is 19.5. The minimum absolute atomic E-state index is 0.185. The predicted molar refractivity (Wildman–Crippen MR) is 97.4 cm³/mol. The summed E-state index contributed by atoms with van der Waals surface area (Å²) in [4.78, 5) is 45.8. The molecule has 3 aromatic rings. The Hall–Kier alpha value is -4.00. The van der Waals surface area contributed by atoms with Gasteiger partial charge in [0.2, 0.25) is 0 Å². The van der Waals surface area contributed by atoms with Gasteiger partial charge in [-0.15, -0.1) is 0 Å². The Labute approximate surface area is 160 Å². The van der Waals surface area contributed by atoms with Gasteiger partial charge in [0.15, 0.2) is 0 Å². The van der Waals surface area contributed by atoms with Gasteiger partial charge in [-0.05, 0) is 42.5 Å². The van der Waals surface area contributed by atoms with Crippen LogP contribution in [-0.4, -0.2) is 27.8 Å². The number of pyridine rings is 1. The Bertz CT molecular complexity index is 1010. The third-order valence-corrected chi connectivity index (χ3v) is 4.15. The van der Waals surface area contributed by atoms with Crippen molar-refractivity contribution in [3.05, 3.63) is 95.3 Å². The smallest absolute Gasteiger partial charge is 0.363 e. The van der Waals surface area contributed by atoms with Gasteiger partial charge < -0.3 is 9.57 Å². The number of amides is 2. The van der Waals surface area contributed by atoms with Crippen LogP contribution < -0.4 is 4.74 Å². The lowest BCUT2D eigenvalue weighted by Gasteiger charge is -2.13. The number of hydroxylamine groups is 2. The van der Waals surface area contributed by atoms with Gasteiger partial charge in [-0.25, -0.2) is 4.79 Å². The van der Waals surface area contributed by atoms with Crippen LogP contribution in [0.2, 0.25) is 0 Å². The molecule has 0 bridgehead atoms. The number of nitrogens with zero attached hydrogens (tertiary/aromatic N) is 2. The number of fused-ring (bicyclic) bond motifs is 1. The van der Waals surface area contributed by atoms with Crippen molar-refractivity contribution in [1.82, 2.24) is 10.0 Å². The number of aromatic nitrogens is 1. The van der Waals surface area contributed by atoms with E-state index in [9.17, 15) is 14.4 Å². The van der Waals surface area contributed by atoms with Crippen molar-refractivity contribution in [1.29, 1.82) is 0 Å². The molecule has 7 heteroatoms. The summed E-state index contributed by atoms with van der Waals surface area (Å²) >= 11 is 0. The molecule has 1 aliphatic rings. The summed E-state index contributed by atoms with van der Waals surface area (Å²) in [5, 5.41) is 0.486. The van der Waals surface area contributed by atoms with Crippen LogP contribution in [0.3, 0.4) is 0 Å². The summed E-state index contributed by atoms with van der Waals surface area (Å²) in [5.41, 5.74) is 1.51. The predicted octanol–water partition coefficient (Wildman–Crippen LogP) is 3.03. The number of carbonyl (C=O) groups is 3. The molecule has 28 heavy (non-hydrogen) atoms. The van der Waals surface area contributed by atoms with Crippen LogP contribution in [-0.2, 0) is 11.4 Å². The monoisotopic (exact) mass is 374 g/mol. The van der Waals surface area contributed by atoms with Gasteiger partial charge in [0, 0.05) is 18.0 Å². The molecule has 0 aliphatic carbocycles. The second-order valence-electron chi connectivity index (χ2n) is 6.00. The van der Waals surface area contributed by atoms with Crippen molar-refractivity contribution < 1.29 is 24.0 Å². The number of ether oxygens (including phenoxy) is 1. The van der Waals surface area contributed by atoms with Gasteiger partial charge in [0.25, 0.3) is 11.8 Å². The first-order valence-electron chi connectivity index (χ1n) is 8.45. The molecule has 0 unspecified atom stereocenters. The van der Waals surface area contributed by atoms with Gasteiger partial charge >= 0.3 is 5.97 Å². The van der Waals surface area contributed by atoms with Crippen LogP contribution in [0.1, 0.15) is 36.6 Å². The molecular weight excluding hydrogens is 360 g/mol. The fraction of sp³-hybridized carbons (Fsp3) is 0.0476. The second-order valence-corrected chi connectivity index (χ2v) is 6.00. The van der Waals surface area contributed by atoms with Gasteiger partial charge in [-0.1, -0.05) is 23.3 Å². The SMILES string of the molecule is O=C(ON1C(=O)c2ccccc2C1=O)c1ccc(OCc2cccnc2)cc1. The number of hydrogen-bond acceptors (Lipinski definition) is 6. The Morgan fingerprint density at radius 1 is 0.893 bits per heavy atom. The van der Waals surface area contributed by atoms with Crippen LogP contribution in [0.15, 0.2) is 73.1 Å². The molecule has 0 saturated heterocycles. The van der Waals surface area contributed by atoms with E-state index in [0.717, 1.165) is 5.56 Å². The molecule has 1 aromatic heterocycles. The average Bonchev–Trinajstić information content (AvgIpc) is 2.98. The number of rotatable bonds is 5. The molecule has 2 heterocycles. The molecule has 138 valence electrons. The molecule has 0 spiro atoms. The van der Waals surface area contributed by atoms with Crippen molar-refractivity contribution in [2.45, 2.75) is 6.61 Å². The zero-order valence-electron chi connectivity index (χ0n) is 14.6. The van der Waals surface area contributed by atoms with Crippen LogP contribution in [0, 0.1) is 0 Å². The minimum atomic E-state index is -0.812. The van der Waals surface area contributed by atoms with E-state index in [1.807, 2.05) is 12.1 Å². The molecular formula is C21H14N2O5. The lowest BCUT2D eigenvalue weighted by Crippen LogP contribution is -2.32. The Balaban J connectivity index is 1.40. The van der Waals surface area contributed by atoms with E-state index in [-0.39, 0.29) is 16.7 Å². The van der Waals surface area contributed by atoms with Gasteiger partial charge in [-0.2, -0.15) is 0 Å². The maximum absolute atomic E-state index is 12.3. The molecule has 0 radical (unpaired) electrons. The summed E-state index contributed by atoms with van der Waals surface area (Å²) in [6.45, 7) is 0.340. The Morgan fingerprint density at radius 2 is 1.57 bits per heavy atom. The topological polar surface area (TPSA) is 85.8 Å². The number of carbonyl (C=O) groups excluding carboxylic acids is 3. The standard InChI is InChI=1S/C21H14N2O5/c24-19-17-5-1-2-6-18(17)20(25)23(19)28-21(26)15-7-9-16(10-8-15)27-13-14-4-3-11-22-12-14/h1-12H,13H2. The summed E-state index contributed by atoms with van der Waals surface area (Å²) in [6, 6.07) is 16.2. The third kappa shape index (κ3) is 3.33. The summed E-state index contributed by atoms with van der Waals surface area (Å²) in [7, 11) is 0. The van der Waals surface area contributed by atoms with Crippen molar-refractivity contribution in [2.75, 3.05) is 0 Å². The second kappa shape index (κ2) is 7.32. The van der Waals surface area contributed by atoms with Crippen molar-refractivity contribution in [2.24, 2.45) is 0 Å². The highest BCUT2D eigenvalue weighted by Gasteiger charge is 2.38. The molecule has 1 aliphatic heterocycles. The van der Waals surface area contributed by atoms with Crippen LogP contribution in [0.25, 0.3) is 0 Å². The van der Waals surface area contributed by atoms with Crippen LogP contribution >= 0.6 is 0 Å². The molecule has 7 nitrogen and oxygen atoms in total. The first-order valence-corrected chi connectivity index (χ1v) is 8.45. The largest absolute Gasteiger partial charge is 0.489 e. The normalized spacial score (nSPS) is 12.6. The molecule has 0 N–H and O–H groups in total. The first-order chi connectivity index (χ1) is 13.6. The number of imide groups is 1. The van der Waals surface area contributed by atoms with Crippen LogP contribution in [0.5, 0.6) is 5.75 Å². The van der Waals surface area contributed by atoms with Crippen molar-refractivity contribution >= 4 is 17.8 Å². The lowest BCUT2D eigenvalue weighted by molar-refractivity contribution is -0.0584. The molecule has 4 rings (SSSR count). The van der Waals surface area contributed by atoms with Gasteiger partial charge in [0.05, 0.1) is 16.7 Å². The minimum Gasteiger partial charge on any atom is -0.489 e. The summed E-state index contributed by atoms with van der Waals surface area (Å²) in [5.74, 6) is -1.58. The molecule has 0 fully saturated rings. The average molecular weight is 374 g/mol. The van der Waals surface area contributed by atoms with E-state index in [4.69, 9.17) is 9.57 Å². The van der Waals surface area contributed by atoms with Gasteiger partial charge in [-0.3, -0.25) is 14.6 Å². The maximum Gasteiger partial charge on any atom is 0.363 e. The van der Waals surface area contributed by atoms with E-state index in [2.05, 4.69) is 4.98 Å². The highest BCUT2D eigenvalue weighted by Crippen LogP contribution is 2.23. The van der Waals surface area contributed by atoms with E-state index < -0.39 is 17.8 Å². The highest BCUT2D eigenvalue weighted by atomic mass is 16.7. The number of benzene rings is 2. The molecule has 2 amide bonds. The molecule has 2 aromatic carbocycles. The van der Waals surface area contributed by atoms with E-state index in [0.29, 0.717) is 17.4 Å². The Morgan fingerprint density at radius 3 is 2.18 bits per heavy atom. The first kappa shape index (κ1) is 17.4. The van der Waals surface area contributed by atoms with Crippen molar-refractivity contribution in [3.63, 3.8) is 0 Å². The third-order valence-electron chi connectivity index (χ3n) is 4.15. The quantitative estimate of drug-likeness (QED) is 0.638. The maximum atomic E-state index is 12.3. The fourth-order valence-corrected chi connectivity index (χ4v) is 2.72. The fourth-order valence-electron chi connectivity index (χ4n) is 2.72. The summed E-state index contributed by atoms with van der Waals surface area (Å²) in [6.07, 6.45) is 3.38. The lowest BCUT2D eigenvalue weighted by atomic mass is 10.1. The van der Waals surface area contributed by atoms with E-state index in [1.165, 1.54) is 24.3 Å². The van der Waals surface area contributed by atoms with Crippen LogP contribution in [0.4, 0.5) is 0 Å². The van der Waals surface area contributed by atoms with E-state index in [1.54, 1.807) is 36.7 Å². The highest BCUT2D eigenvalue weighted by molar-refractivity contribution is 6.21. The molecule has 0 atom stereocenters. The molecule has 0 saturated carbocycles. The van der Waals surface area contributed by atoms with E-state index >= 15 is 0 Å². The summed E-state index contributed by atoms with van der Waals surface area (Å²) < 4.78 is 5.63. The Kier molecular flexibility index (Phi) is 4.55. The zero-order valence-corrected chi connectivity index (χ0v) is 14.6. The van der Waals surface area contributed by atoms with Crippen molar-refractivity contribution in [3.8, 4) is 5.75 Å². The number of hydrogen-bond donors (Lipinski definition) is 0.